The Labute approximate surface area is 116 Å². The maximum atomic E-state index is 11.7. The number of aromatic nitrogens is 2. The van der Waals surface area contributed by atoms with Gasteiger partial charge in [-0.25, -0.2) is 4.98 Å². The average Bonchev–Trinajstić information content (AvgIpc) is 2.38. The molecule has 1 aliphatic rings. The molecule has 0 saturated carbocycles. The lowest BCUT2D eigenvalue weighted by molar-refractivity contribution is -0.142. The molecule has 1 saturated heterocycles. The Kier molecular flexibility index (Phi) is 4.73. The maximum Gasteiger partial charge on any atom is 0.313 e. The van der Waals surface area contributed by atoms with E-state index in [-0.39, 0.29) is 18.1 Å². The molecule has 1 aliphatic heterocycles. The van der Waals surface area contributed by atoms with Gasteiger partial charge in [0.05, 0.1) is 19.3 Å². The van der Waals surface area contributed by atoms with E-state index in [0.717, 1.165) is 0 Å². The van der Waals surface area contributed by atoms with E-state index in [1.807, 2.05) is 11.8 Å². The fraction of sp³-hybridized carbons (Fsp3) is 0.615. The number of carbonyl (C=O) groups is 1. The highest BCUT2D eigenvalue weighted by Gasteiger charge is 2.19. The SMILES string of the molecule is CCOC(=O)Cc1nc(N2CCOC(C)C2)cc(=O)[nH]1. The van der Waals surface area contributed by atoms with Crippen LogP contribution in [0, 0.1) is 0 Å². The Hall–Kier alpha value is -1.89. The summed E-state index contributed by atoms with van der Waals surface area (Å²) in [7, 11) is 0. The van der Waals surface area contributed by atoms with Gasteiger partial charge < -0.3 is 19.4 Å². The minimum atomic E-state index is -0.400. The summed E-state index contributed by atoms with van der Waals surface area (Å²) in [4.78, 5) is 32.0. The lowest BCUT2D eigenvalue weighted by atomic mass is 10.3. The van der Waals surface area contributed by atoms with E-state index in [1.54, 1.807) is 6.92 Å². The number of ether oxygens (including phenoxy) is 2. The third kappa shape index (κ3) is 3.80. The summed E-state index contributed by atoms with van der Waals surface area (Å²) in [6.07, 6.45) is 0.0648. The lowest BCUT2D eigenvalue weighted by Gasteiger charge is -2.31. The summed E-state index contributed by atoms with van der Waals surface area (Å²) in [5, 5.41) is 0. The molecule has 0 aliphatic carbocycles. The van der Waals surface area contributed by atoms with Gasteiger partial charge >= 0.3 is 5.97 Å². The summed E-state index contributed by atoms with van der Waals surface area (Å²) < 4.78 is 10.3. The van der Waals surface area contributed by atoms with Gasteiger partial charge in [0, 0.05) is 19.2 Å². The number of hydrogen-bond acceptors (Lipinski definition) is 6. The molecular formula is C13H19N3O4. The second-order valence-electron chi connectivity index (χ2n) is 4.66. The smallest absolute Gasteiger partial charge is 0.313 e. The monoisotopic (exact) mass is 281 g/mol. The first kappa shape index (κ1) is 14.5. The molecule has 1 aromatic heterocycles. The van der Waals surface area contributed by atoms with Crippen molar-refractivity contribution in [2.75, 3.05) is 31.2 Å². The van der Waals surface area contributed by atoms with Gasteiger partial charge in [-0.15, -0.1) is 0 Å². The van der Waals surface area contributed by atoms with Crippen LogP contribution in [0.3, 0.4) is 0 Å². The van der Waals surface area contributed by atoms with Crippen LogP contribution in [0.15, 0.2) is 10.9 Å². The van der Waals surface area contributed by atoms with Crippen LogP contribution < -0.4 is 10.5 Å². The molecule has 0 amide bonds. The zero-order chi connectivity index (χ0) is 14.5. The van der Waals surface area contributed by atoms with Crippen LogP contribution in [0.4, 0.5) is 5.82 Å². The van der Waals surface area contributed by atoms with Crippen molar-refractivity contribution >= 4 is 11.8 Å². The molecule has 1 atom stereocenters. The molecule has 7 nitrogen and oxygen atoms in total. The Morgan fingerprint density at radius 2 is 2.45 bits per heavy atom. The molecule has 0 bridgehead atoms. The Balaban J connectivity index is 2.15. The lowest BCUT2D eigenvalue weighted by Crippen LogP contribution is -2.42. The van der Waals surface area contributed by atoms with Crippen LogP contribution in [-0.4, -0.2) is 48.3 Å². The average molecular weight is 281 g/mol. The number of morpholine rings is 1. The predicted molar refractivity (Wildman–Crippen MR) is 72.8 cm³/mol. The van der Waals surface area contributed by atoms with Crippen molar-refractivity contribution in [1.82, 2.24) is 9.97 Å². The second-order valence-corrected chi connectivity index (χ2v) is 4.66. The Morgan fingerprint density at radius 3 is 3.15 bits per heavy atom. The number of nitrogens with zero attached hydrogens (tertiary/aromatic N) is 2. The first-order valence-corrected chi connectivity index (χ1v) is 6.71. The molecule has 1 unspecified atom stereocenters. The van der Waals surface area contributed by atoms with Crippen LogP contribution in [0.2, 0.25) is 0 Å². The maximum absolute atomic E-state index is 11.7. The number of esters is 1. The fourth-order valence-corrected chi connectivity index (χ4v) is 2.12. The van der Waals surface area contributed by atoms with Crippen LogP contribution in [0.1, 0.15) is 19.7 Å². The second kappa shape index (κ2) is 6.51. The third-order valence-electron chi connectivity index (χ3n) is 2.96. The zero-order valence-electron chi connectivity index (χ0n) is 11.7. The standard InChI is InChI=1S/C13H19N3O4/c1-3-19-13(18)6-10-14-11(7-12(17)15-10)16-4-5-20-9(2)8-16/h7,9H,3-6,8H2,1-2H3,(H,14,15,17). The number of carbonyl (C=O) groups excluding carboxylic acids is 1. The van der Waals surface area contributed by atoms with Crippen molar-refractivity contribution in [1.29, 1.82) is 0 Å². The molecule has 0 radical (unpaired) electrons. The number of nitrogens with one attached hydrogen (secondary N) is 1. The van der Waals surface area contributed by atoms with Gasteiger partial charge in [0.15, 0.2) is 0 Å². The van der Waals surface area contributed by atoms with E-state index in [2.05, 4.69) is 9.97 Å². The quantitative estimate of drug-likeness (QED) is 0.788. The van der Waals surface area contributed by atoms with Crippen LogP contribution in [-0.2, 0) is 20.7 Å². The van der Waals surface area contributed by atoms with E-state index >= 15 is 0 Å². The molecule has 20 heavy (non-hydrogen) atoms. The first-order chi connectivity index (χ1) is 9.58. The number of anilines is 1. The van der Waals surface area contributed by atoms with E-state index in [1.165, 1.54) is 6.07 Å². The normalized spacial score (nSPS) is 18.9. The van der Waals surface area contributed by atoms with Crippen molar-refractivity contribution in [2.24, 2.45) is 0 Å². The molecular weight excluding hydrogens is 262 g/mol. The summed E-state index contributed by atoms with van der Waals surface area (Å²) in [6.45, 7) is 5.97. The molecule has 7 heteroatoms. The Morgan fingerprint density at radius 1 is 1.65 bits per heavy atom. The number of aromatic amines is 1. The van der Waals surface area contributed by atoms with Gasteiger partial charge in [-0.1, -0.05) is 0 Å². The van der Waals surface area contributed by atoms with Crippen molar-refractivity contribution in [2.45, 2.75) is 26.4 Å². The Bertz CT molecular complexity index is 529. The van der Waals surface area contributed by atoms with Crippen LogP contribution in [0.5, 0.6) is 0 Å². The molecule has 0 spiro atoms. The minimum absolute atomic E-state index is 0.0309. The van der Waals surface area contributed by atoms with Gasteiger partial charge in [-0.05, 0) is 13.8 Å². The summed E-state index contributed by atoms with van der Waals surface area (Å²) in [6, 6.07) is 1.44. The highest BCUT2D eigenvalue weighted by atomic mass is 16.5. The molecule has 1 fully saturated rings. The van der Waals surface area contributed by atoms with Crippen molar-refractivity contribution < 1.29 is 14.3 Å². The predicted octanol–water partition coefficient (Wildman–Crippen LogP) is 0.101. The van der Waals surface area contributed by atoms with Gasteiger partial charge in [-0.2, -0.15) is 0 Å². The first-order valence-electron chi connectivity index (χ1n) is 6.71. The van der Waals surface area contributed by atoms with Gasteiger partial charge in [0.25, 0.3) is 5.56 Å². The molecule has 1 aromatic rings. The highest BCUT2D eigenvalue weighted by Crippen LogP contribution is 2.13. The van der Waals surface area contributed by atoms with Crippen molar-refractivity contribution in [3.05, 3.63) is 22.2 Å². The van der Waals surface area contributed by atoms with Crippen molar-refractivity contribution in [3.63, 3.8) is 0 Å². The van der Waals surface area contributed by atoms with E-state index in [9.17, 15) is 9.59 Å². The van der Waals surface area contributed by atoms with Gasteiger partial charge in [0.2, 0.25) is 0 Å². The third-order valence-corrected chi connectivity index (χ3v) is 2.96. The molecule has 110 valence electrons. The van der Waals surface area contributed by atoms with E-state index in [0.29, 0.717) is 37.9 Å². The fourth-order valence-electron chi connectivity index (χ4n) is 2.12. The highest BCUT2D eigenvalue weighted by molar-refractivity contribution is 5.71. The van der Waals surface area contributed by atoms with Gasteiger partial charge in [0.1, 0.15) is 18.1 Å². The number of hydrogen-bond donors (Lipinski definition) is 1. The summed E-state index contributed by atoms with van der Waals surface area (Å²) in [5.74, 6) is 0.497. The number of H-pyrrole nitrogens is 1. The molecule has 1 N–H and O–H groups in total. The van der Waals surface area contributed by atoms with Crippen LogP contribution >= 0.6 is 0 Å². The van der Waals surface area contributed by atoms with Crippen molar-refractivity contribution in [3.8, 4) is 0 Å². The van der Waals surface area contributed by atoms with Crippen LogP contribution in [0.25, 0.3) is 0 Å². The van der Waals surface area contributed by atoms with E-state index < -0.39 is 5.97 Å². The molecule has 2 rings (SSSR count). The minimum Gasteiger partial charge on any atom is -0.466 e. The summed E-state index contributed by atoms with van der Waals surface area (Å²) >= 11 is 0. The van der Waals surface area contributed by atoms with E-state index in [4.69, 9.17) is 9.47 Å². The summed E-state index contributed by atoms with van der Waals surface area (Å²) in [5.41, 5.74) is -0.270. The topological polar surface area (TPSA) is 84.5 Å². The van der Waals surface area contributed by atoms with Gasteiger partial charge in [-0.3, -0.25) is 9.59 Å². The molecule has 0 aromatic carbocycles. The number of rotatable bonds is 4. The zero-order valence-corrected chi connectivity index (χ0v) is 11.7. The largest absolute Gasteiger partial charge is 0.466 e. The molecule has 2 heterocycles.